The maximum absolute atomic E-state index is 13.4. The number of oxazole rings is 1. The van der Waals surface area contributed by atoms with Crippen LogP contribution in [0.25, 0.3) is 16.8 Å². The van der Waals surface area contributed by atoms with Crippen LogP contribution in [-0.2, 0) is 4.79 Å². The molecule has 0 saturated carbocycles. The number of likely N-dealkylation sites (tertiary alicyclic amines) is 1. The first kappa shape index (κ1) is 20.2. The number of benzene rings is 2. The Morgan fingerprint density at radius 1 is 1.00 bits per heavy atom. The lowest BCUT2D eigenvalue weighted by atomic mass is 9.99. The molecule has 1 amide bonds. The topological polar surface area (TPSA) is 81.2 Å². The minimum absolute atomic E-state index is 0.350. The maximum atomic E-state index is 13.4. The van der Waals surface area contributed by atoms with Gasteiger partial charge in [-0.1, -0.05) is 30.3 Å². The number of Topliss-reactive ketones (excluding diaryl/α,β-unsaturated/α-hetero) is 1. The Labute approximate surface area is 185 Å². The van der Waals surface area contributed by atoms with Crippen molar-refractivity contribution in [1.29, 1.82) is 0 Å². The molecule has 0 bridgehead atoms. The van der Waals surface area contributed by atoms with E-state index in [1.165, 1.54) is 0 Å². The molecule has 7 heteroatoms. The number of fused-ring (bicyclic) bond motifs is 1. The summed E-state index contributed by atoms with van der Waals surface area (Å²) in [6, 6.07) is 16.8. The fourth-order valence-corrected chi connectivity index (χ4v) is 4.49. The molecule has 7 nitrogen and oxygen atoms in total. The zero-order chi connectivity index (χ0) is 22.2. The van der Waals surface area contributed by atoms with E-state index in [9.17, 15) is 9.59 Å². The van der Waals surface area contributed by atoms with Crippen molar-refractivity contribution in [2.45, 2.75) is 39.2 Å². The molecule has 1 saturated heterocycles. The van der Waals surface area contributed by atoms with E-state index in [2.05, 4.69) is 10.1 Å². The molecule has 0 N–H and O–H groups in total. The number of carbonyl (C=O) groups is 2. The molecule has 3 heterocycles. The van der Waals surface area contributed by atoms with E-state index in [1.54, 1.807) is 16.5 Å². The number of piperidine rings is 1. The molecule has 1 unspecified atom stereocenters. The quantitative estimate of drug-likeness (QED) is 0.351. The monoisotopic (exact) mass is 428 g/mol. The first-order chi connectivity index (χ1) is 15.5. The van der Waals surface area contributed by atoms with E-state index in [-0.39, 0.29) is 6.04 Å². The summed E-state index contributed by atoms with van der Waals surface area (Å²) in [4.78, 5) is 33.0. The minimum Gasteiger partial charge on any atom is -0.438 e. The highest BCUT2D eigenvalue weighted by Crippen LogP contribution is 2.33. The highest BCUT2D eigenvalue weighted by molar-refractivity contribution is 6.43. The van der Waals surface area contributed by atoms with Crippen LogP contribution in [0.1, 0.15) is 52.9 Å². The fourth-order valence-electron chi connectivity index (χ4n) is 4.49. The third-order valence-corrected chi connectivity index (χ3v) is 6.07. The number of hydrogen-bond acceptors (Lipinski definition) is 5. The largest absolute Gasteiger partial charge is 0.438 e. The zero-order valence-corrected chi connectivity index (χ0v) is 18.1. The predicted octanol–water partition coefficient (Wildman–Crippen LogP) is 4.57. The van der Waals surface area contributed by atoms with E-state index in [0.29, 0.717) is 41.4 Å². The predicted molar refractivity (Wildman–Crippen MR) is 120 cm³/mol. The summed E-state index contributed by atoms with van der Waals surface area (Å²) in [6.07, 6.45) is 2.51. The van der Waals surface area contributed by atoms with E-state index in [1.807, 2.05) is 61.5 Å². The molecule has 1 atom stereocenters. The average Bonchev–Trinajstić information content (AvgIpc) is 3.39. The average molecular weight is 428 g/mol. The number of aromatic nitrogens is 3. The van der Waals surface area contributed by atoms with Crippen LogP contribution < -0.4 is 0 Å². The normalized spacial score (nSPS) is 16.4. The van der Waals surface area contributed by atoms with Crippen molar-refractivity contribution in [3.05, 3.63) is 77.4 Å². The third kappa shape index (κ3) is 3.39. The first-order valence-corrected chi connectivity index (χ1v) is 10.9. The van der Waals surface area contributed by atoms with Gasteiger partial charge < -0.3 is 9.32 Å². The Kier molecular flexibility index (Phi) is 5.09. The van der Waals surface area contributed by atoms with Gasteiger partial charge in [0.2, 0.25) is 5.89 Å². The number of aryl methyl sites for hydroxylation is 1. The van der Waals surface area contributed by atoms with Gasteiger partial charge in [0.05, 0.1) is 22.6 Å². The number of amides is 1. The summed E-state index contributed by atoms with van der Waals surface area (Å²) < 4.78 is 7.66. The van der Waals surface area contributed by atoms with Gasteiger partial charge in [0.25, 0.3) is 11.7 Å². The number of para-hydroxylation sites is 3. The van der Waals surface area contributed by atoms with E-state index in [4.69, 9.17) is 4.42 Å². The van der Waals surface area contributed by atoms with Crippen molar-refractivity contribution in [3.63, 3.8) is 0 Å². The Hall–Kier alpha value is -3.74. The Balaban J connectivity index is 1.47. The molecule has 1 aliphatic heterocycles. The van der Waals surface area contributed by atoms with Gasteiger partial charge in [-0.05, 0) is 57.4 Å². The van der Waals surface area contributed by atoms with Crippen LogP contribution in [0.2, 0.25) is 0 Å². The number of ketones is 1. The summed E-state index contributed by atoms with van der Waals surface area (Å²) in [5.41, 5.74) is 3.84. The lowest BCUT2D eigenvalue weighted by Crippen LogP contribution is -2.42. The van der Waals surface area contributed by atoms with Crippen LogP contribution in [0.3, 0.4) is 0 Å². The highest BCUT2D eigenvalue weighted by atomic mass is 16.4. The fraction of sp³-hybridized carbons (Fsp3) is 0.280. The summed E-state index contributed by atoms with van der Waals surface area (Å²) in [5, 5.41) is 4.53. The van der Waals surface area contributed by atoms with Crippen LogP contribution in [0.5, 0.6) is 0 Å². The lowest BCUT2D eigenvalue weighted by molar-refractivity contribution is -0.130. The molecule has 1 fully saturated rings. The van der Waals surface area contributed by atoms with Gasteiger partial charge in [0.1, 0.15) is 11.6 Å². The molecule has 5 rings (SSSR count). The molecule has 0 radical (unpaired) electrons. The maximum Gasteiger partial charge on any atom is 0.295 e. The van der Waals surface area contributed by atoms with Gasteiger partial charge in [-0.15, -0.1) is 0 Å². The van der Waals surface area contributed by atoms with Crippen LogP contribution in [0, 0.1) is 13.8 Å². The van der Waals surface area contributed by atoms with E-state index < -0.39 is 11.7 Å². The highest BCUT2D eigenvalue weighted by Gasteiger charge is 2.36. The standard InChI is InChI=1S/C25H24N4O3/c1-16-22(17(2)29(27-16)18-10-4-3-5-11-18)23(30)25(31)28-15-9-8-13-20(28)24-26-19-12-6-7-14-21(19)32-24/h3-7,10-12,14,20H,8-9,13,15H2,1-2H3. The van der Waals surface area contributed by atoms with E-state index >= 15 is 0 Å². The van der Waals surface area contributed by atoms with Crippen molar-refractivity contribution in [2.24, 2.45) is 0 Å². The van der Waals surface area contributed by atoms with Gasteiger partial charge in [-0.2, -0.15) is 5.10 Å². The van der Waals surface area contributed by atoms with Gasteiger partial charge in [0.15, 0.2) is 5.58 Å². The third-order valence-electron chi connectivity index (χ3n) is 6.07. The molecular weight excluding hydrogens is 404 g/mol. The molecule has 162 valence electrons. The van der Waals surface area contributed by atoms with E-state index in [0.717, 1.165) is 24.0 Å². The van der Waals surface area contributed by atoms with Crippen LogP contribution in [-0.4, -0.2) is 37.9 Å². The number of nitrogens with zero attached hydrogens (tertiary/aromatic N) is 4. The minimum atomic E-state index is -0.537. The second-order valence-electron chi connectivity index (χ2n) is 8.15. The van der Waals surface area contributed by atoms with Crippen LogP contribution in [0.15, 0.2) is 59.0 Å². The number of carbonyl (C=O) groups excluding carboxylic acids is 2. The Morgan fingerprint density at radius 2 is 1.75 bits per heavy atom. The molecule has 0 aliphatic carbocycles. The van der Waals surface area contributed by atoms with Crippen molar-refractivity contribution in [1.82, 2.24) is 19.7 Å². The Morgan fingerprint density at radius 3 is 2.53 bits per heavy atom. The van der Waals surface area contributed by atoms with Gasteiger partial charge in [-0.25, -0.2) is 9.67 Å². The number of rotatable bonds is 4. The molecule has 32 heavy (non-hydrogen) atoms. The Bertz CT molecular complexity index is 1270. The SMILES string of the molecule is Cc1nn(-c2ccccc2)c(C)c1C(=O)C(=O)N1CCCCC1c1nc2ccccc2o1. The zero-order valence-electron chi connectivity index (χ0n) is 18.1. The van der Waals surface area contributed by atoms with Gasteiger partial charge in [-0.3, -0.25) is 9.59 Å². The molecule has 4 aromatic rings. The van der Waals surface area contributed by atoms with Crippen LogP contribution >= 0.6 is 0 Å². The van der Waals surface area contributed by atoms with Crippen molar-refractivity contribution >= 4 is 22.8 Å². The molecule has 0 spiro atoms. The summed E-state index contributed by atoms with van der Waals surface area (Å²) in [6.45, 7) is 4.09. The molecule has 1 aliphatic rings. The van der Waals surface area contributed by atoms with Gasteiger partial charge in [0, 0.05) is 6.54 Å². The summed E-state index contributed by atoms with van der Waals surface area (Å²) in [7, 11) is 0. The van der Waals surface area contributed by atoms with Crippen LogP contribution in [0.4, 0.5) is 0 Å². The first-order valence-electron chi connectivity index (χ1n) is 10.9. The summed E-state index contributed by atoms with van der Waals surface area (Å²) in [5.74, 6) is -0.582. The lowest BCUT2D eigenvalue weighted by Gasteiger charge is -2.33. The summed E-state index contributed by atoms with van der Waals surface area (Å²) >= 11 is 0. The molecule has 2 aromatic heterocycles. The number of hydrogen-bond donors (Lipinski definition) is 0. The van der Waals surface area contributed by atoms with Crippen molar-refractivity contribution in [3.8, 4) is 5.69 Å². The second-order valence-corrected chi connectivity index (χ2v) is 8.15. The molecule has 2 aromatic carbocycles. The van der Waals surface area contributed by atoms with Crippen molar-refractivity contribution in [2.75, 3.05) is 6.54 Å². The smallest absolute Gasteiger partial charge is 0.295 e. The second kappa shape index (κ2) is 8.07. The van der Waals surface area contributed by atoms with Gasteiger partial charge >= 0.3 is 0 Å². The molecular formula is C25H24N4O3. The van der Waals surface area contributed by atoms with Crippen molar-refractivity contribution < 1.29 is 14.0 Å².